The van der Waals surface area contributed by atoms with Gasteiger partial charge in [0.1, 0.15) is 0 Å². The second-order valence-corrected chi connectivity index (χ2v) is 3.82. The Kier molecular flexibility index (Phi) is 1.74. The van der Waals surface area contributed by atoms with Gasteiger partial charge in [0, 0.05) is 0 Å². The fourth-order valence-electron chi connectivity index (χ4n) is 0.196. The summed E-state index contributed by atoms with van der Waals surface area (Å²) in [6.07, 6.45) is -6.79. The molecule has 0 spiro atoms. The molecular weight excluding hydrogens is 229 g/mol. The molecule has 0 aromatic heterocycles. The topological polar surface area (TPSA) is 3.24 Å². The lowest BCUT2D eigenvalue weighted by Gasteiger charge is -2.43. The van der Waals surface area contributed by atoms with E-state index in [9.17, 15) is 37.1 Å². The first kappa shape index (κ1) is 11.7. The van der Waals surface area contributed by atoms with Gasteiger partial charge in [-0.05, 0) is 0 Å². The number of hydrogen-bond donors (Lipinski definition) is 0. The molecule has 0 aliphatic rings. The molecule has 78 valence electrons. The first-order chi connectivity index (χ1) is 4.64. The second kappa shape index (κ2) is 1.78. The maximum Gasteiger partial charge on any atom is 0.504 e. The third-order valence-corrected chi connectivity index (χ3v) is 1.32. The van der Waals surface area contributed by atoms with Crippen molar-refractivity contribution in [3.8, 4) is 0 Å². The molecular formula is CF9NS. The molecule has 1 nitrogen and oxygen atoms in total. The highest BCUT2D eigenvalue weighted by Crippen LogP contribution is 3.00. The molecule has 12 heavy (non-hydrogen) atoms. The van der Waals surface area contributed by atoms with Crippen molar-refractivity contribution in [2.75, 3.05) is 0 Å². The smallest absolute Gasteiger partial charge is 0.153 e. The van der Waals surface area contributed by atoms with Crippen LogP contribution in [0.1, 0.15) is 0 Å². The van der Waals surface area contributed by atoms with Crippen LogP contribution in [-0.2, 0) is 0 Å². The van der Waals surface area contributed by atoms with Gasteiger partial charge in [-0.15, -0.1) is 4.48 Å². The monoisotopic (exact) mass is 229 g/mol. The summed E-state index contributed by atoms with van der Waals surface area (Å²) in [5.74, 6) is 0. The lowest BCUT2D eigenvalue weighted by Crippen LogP contribution is -2.38. The highest BCUT2D eigenvalue weighted by atomic mass is 32.5. The molecule has 0 radical (unpaired) electrons. The molecule has 0 amide bonds. The van der Waals surface area contributed by atoms with E-state index in [4.69, 9.17) is 0 Å². The van der Waals surface area contributed by atoms with Crippen LogP contribution in [0.15, 0.2) is 0 Å². The second-order valence-electron chi connectivity index (χ2n) is 1.64. The maximum atomic E-state index is 11.1. The van der Waals surface area contributed by atoms with Crippen LogP contribution in [0.3, 0.4) is 0 Å². The Morgan fingerprint density at radius 3 is 1.08 bits per heavy atom. The molecule has 0 heterocycles. The van der Waals surface area contributed by atoms with Crippen molar-refractivity contribution in [2.24, 2.45) is 0 Å². The number of alkyl halides is 3. The van der Waals surface area contributed by atoms with E-state index in [2.05, 4.69) is 0 Å². The number of hydrogen-bond acceptors (Lipinski definition) is 1. The van der Waals surface area contributed by atoms with Crippen molar-refractivity contribution in [2.45, 2.75) is 6.30 Å². The van der Waals surface area contributed by atoms with E-state index in [0.717, 1.165) is 0 Å². The van der Waals surface area contributed by atoms with E-state index in [1.807, 2.05) is 0 Å². The summed E-state index contributed by atoms with van der Waals surface area (Å²) in [5, 5.41) is 0. The van der Waals surface area contributed by atoms with Gasteiger partial charge in [-0.1, -0.05) is 19.4 Å². The summed E-state index contributed by atoms with van der Waals surface area (Å²) in [5.41, 5.74) is 0. The molecule has 0 aromatic rings. The Balaban J connectivity index is 5.11. The molecule has 0 unspecified atom stereocenters. The fraction of sp³-hybridized carbons (Fsp3) is 1.00. The zero-order valence-electron chi connectivity index (χ0n) is 4.76. The zero-order chi connectivity index (χ0) is 10.5. The minimum Gasteiger partial charge on any atom is -0.153 e. The van der Waals surface area contributed by atoms with E-state index in [0.29, 0.717) is 0 Å². The normalized spacial score (nSPS) is 20.5. The molecule has 0 atom stereocenters. The molecule has 11 heteroatoms. The first-order valence-corrected chi connectivity index (χ1v) is 3.82. The lowest BCUT2D eigenvalue weighted by atomic mass is 11.2. The fourth-order valence-corrected chi connectivity index (χ4v) is 0.587. The number of nitrogens with zero attached hydrogens (tertiary/aromatic N) is 1. The third kappa shape index (κ3) is 2.97. The SMILES string of the molecule is FN(C(F)(F)F)S(F)(F)(F)(F)F. The minimum atomic E-state index is -11.2. The summed E-state index contributed by atoms with van der Waals surface area (Å²) in [7, 11) is -11.2. The van der Waals surface area contributed by atoms with Gasteiger partial charge in [0.2, 0.25) is 0 Å². The maximum absolute atomic E-state index is 11.2. The van der Waals surface area contributed by atoms with Crippen molar-refractivity contribution in [1.29, 1.82) is 0 Å². The summed E-state index contributed by atoms with van der Waals surface area (Å²) in [6, 6.07) is 0. The highest BCUT2D eigenvalue weighted by molar-refractivity contribution is 8.43. The molecule has 0 aliphatic carbocycles. The summed E-state index contributed by atoms with van der Waals surface area (Å²) < 4.78 is 93.9. The van der Waals surface area contributed by atoms with Crippen LogP contribution in [-0.4, -0.2) is 10.8 Å². The molecule has 0 saturated heterocycles. The van der Waals surface area contributed by atoms with Crippen LogP contribution in [0.25, 0.3) is 0 Å². The van der Waals surface area contributed by atoms with E-state index in [1.165, 1.54) is 0 Å². The predicted molar refractivity (Wildman–Crippen MR) is 22.1 cm³/mol. The van der Waals surface area contributed by atoms with Crippen molar-refractivity contribution >= 4 is 10.4 Å². The largest absolute Gasteiger partial charge is 0.504 e. The van der Waals surface area contributed by atoms with Gasteiger partial charge in [0.15, 0.2) is 0 Å². The quantitative estimate of drug-likeness (QED) is 0.374. The van der Waals surface area contributed by atoms with Gasteiger partial charge < -0.3 is 0 Å². The summed E-state index contributed by atoms with van der Waals surface area (Å²) in [4.78, 5) is 0. The molecule has 0 fully saturated rings. The molecule has 0 bridgehead atoms. The summed E-state index contributed by atoms with van der Waals surface area (Å²) in [6.45, 7) is 0. The van der Waals surface area contributed by atoms with Crippen LogP contribution in [0.2, 0.25) is 0 Å². The van der Waals surface area contributed by atoms with Crippen molar-refractivity contribution in [3.05, 3.63) is 0 Å². The van der Waals surface area contributed by atoms with Crippen LogP contribution in [0.5, 0.6) is 0 Å². The molecule has 0 aromatic carbocycles. The Bertz CT molecular complexity index is 180. The standard InChI is InChI=1S/CF9NS/c2-1(3,4)11(5)12(6,7,8,9)10. The molecule has 0 saturated carbocycles. The Morgan fingerprint density at radius 1 is 0.833 bits per heavy atom. The molecule has 0 aliphatic heterocycles. The lowest BCUT2D eigenvalue weighted by molar-refractivity contribution is -0.280. The van der Waals surface area contributed by atoms with Gasteiger partial charge in [-0.2, -0.15) is 13.2 Å². The minimum absolute atomic E-state index is 4.30. The predicted octanol–water partition coefficient (Wildman–Crippen LogP) is 3.91. The Hall–Kier alpha value is -0.320. The van der Waals surface area contributed by atoms with E-state index in [-0.39, 0.29) is 0 Å². The van der Waals surface area contributed by atoms with Gasteiger partial charge in [0.25, 0.3) is 0 Å². The van der Waals surface area contributed by atoms with Crippen molar-refractivity contribution in [1.82, 2.24) is 4.53 Å². The van der Waals surface area contributed by atoms with E-state index < -0.39 is 21.2 Å². The summed E-state index contributed by atoms with van der Waals surface area (Å²) >= 11 is 0. The van der Waals surface area contributed by atoms with Crippen LogP contribution in [0, 0.1) is 0 Å². The van der Waals surface area contributed by atoms with Crippen LogP contribution in [0.4, 0.5) is 37.1 Å². The van der Waals surface area contributed by atoms with E-state index >= 15 is 0 Å². The zero-order valence-corrected chi connectivity index (χ0v) is 5.57. The van der Waals surface area contributed by atoms with Crippen molar-refractivity contribution < 1.29 is 37.1 Å². The van der Waals surface area contributed by atoms with E-state index in [1.54, 1.807) is 0 Å². The Morgan fingerprint density at radius 2 is 1.08 bits per heavy atom. The number of halogens is 9. The number of rotatable bonds is 1. The Labute approximate surface area is 59.5 Å². The average molecular weight is 229 g/mol. The van der Waals surface area contributed by atoms with Gasteiger partial charge in [-0.3, -0.25) is 0 Å². The third-order valence-electron chi connectivity index (χ3n) is 0.502. The van der Waals surface area contributed by atoms with Crippen LogP contribution >= 0.6 is 10.4 Å². The molecule has 0 rings (SSSR count). The average Bonchev–Trinajstić information content (AvgIpc) is 1.54. The molecule has 0 N–H and O–H groups in total. The van der Waals surface area contributed by atoms with Crippen molar-refractivity contribution in [3.63, 3.8) is 0 Å². The van der Waals surface area contributed by atoms with Gasteiger partial charge in [-0.25, -0.2) is 0 Å². The highest BCUT2D eigenvalue weighted by Gasteiger charge is 2.78. The van der Waals surface area contributed by atoms with Crippen LogP contribution < -0.4 is 0 Å². The van der Waals surface area contributed by atoms with Gasteiger partial charge in [0.05, 0.1) is 4.53 Å². The van der Waals surface area contributed by atoms with Gasteiger partial charge >= 0.3 is 16.7 Å². The first-order valence-electron chi connectivity index (χ1n) is 1.91.